The maximum Gasteiger partial charge on any atom is 0.104 e. The van der Waals surface area contributed by atoms with E-state index in [1.807, 2.05) is 0 Å². The number of fused-ring (bicyclic) bond motifs is 1. The lowest BCUT2D eigenvalue weighted by Gasteiger charge is -2.41. The van der Waals surface area contributed by atoms with Crippen molar-refractivity contribution in [2.45, 2.75) is 32.2 Å². The molecule has 4 heteroatoms. The van der Waals surface area contributed by atoms with Gasteiger partial charge in [0.2, 0.25) is 0 Å². The molecule has 1 aromatic rings. The quantitative estimate of drug-likeness (QED) is 0.507. The SMILES string of the molecule is C[N+]1(CCN[N+]2(C)CCCCC2)CCc2ccccc2C1.[I-]. The van der Waals surface area contributed by atoms with E-state index in [1.54, 1.807) is 11.1 Å². The van der Waals surface area contributed by atoms with Crippen LogP contribution < -0.4 is 29.4 Å². The van der Waals surface area contributed by atoms with E-state index < -0.39 is 0 Å². The zero-order chi connectivity index (χ0) is 14.8. The van der Waals surface area contributed by atoms with Crippen LogP contribution in [-0.4, -0.2) is 55.9 Å². The summed E-state index contributed by atoms with van der Waals surface area (Å²) >= 11 is 0. The Bertz CT molecular complexity index is 485. The number of piperidine rings is 1. The first-order valence-electron chi connectivity index (χ1n) is 8.59. The number of hydrogen-bond acceptors (Lipinski definition) is 1. The van der Waals surface area contributed by atoms with Crippen molar-refractivity contribution in [2.24, 2.45) is 0 Å². The molecule has 3 rings (SSSR count). The Morgan fingerprint density at radius 3 is 2.36 bits per heavy atom. The Balaban J connectivity index is 0.00000176. The Hall–Kier alpha value is -0.170. The molecule has 0 spiro atoms. The molecule has 0 aromatic heterocycles. The summed E-state index contributed by atoms with van der Waals surface area (Å²) in [5.41, 5.74) is 6.94. The second-order valence-electron chi connectivity index (χ2n) is 7.56. The van der Waals surface area contributed by atoms with E-state index in [9.17, 15) is 0 Å². The van der Waals surface area contributed by atoms with Crippen molar-refractivity contribution in [1.29, 1.82) is 0 Å². The molecule has 1 aromatic carbocycles. The lowest BCUT2D eigenvalue weighted by molar-refractivity contribution is -0.965. The van der Waals surface area contributed by atoms with E-state index in [2.05, 4.69) is 43.8 Å². The van der Waals surface area contributed by atoms with Gasteiger partial charge >= 0.3 is 0 Å². The van der Waals surface area contributed by atoms with Gasteiger partial charge in [0.05, 0.1) is 46.8 Å². The average molecular weight is 416 g/mol. The van der Waals surface area contributed by atoms with Gasteiger partial charge in [-0.2, -0.15) is 5.43 Å². The summed E-state index contributed by atoms with van der Waals surface area (Å²) in [6.45, 7) is 7.44. The third-order valence-corrected chi connectivity index (χ3v) is 5.54. The topological polar surface area (TPSA) is 12.0 Å². The van der Waals surface area contributed by atoms with E-state index in [0.29, 0.717) is 0 Å². The molecule has 2 heterocycles. The molecule has 1 fully saturated rings. The number of nitrogens with zero attached hydrogens (tertiary/aromatic N) is 2. The highest BCUT2D eigenvalue weighted by Gasteiger charge is 2.30. The molecule has 0 aliphatic carbocycles. The van der Waals surface area contributed by atoms with Crippen LogP contribution in [0.2, 0.25) is 0 Å². The Labute approximate surface area is 152 Å². The maximum atomic E-state index is 3.82. The molecule has 0 saturated carbocycles. The minimum absolute atomic E-state index is 0. The standard InChI is InChI=1S/C18H31N3.HI/c1-20(14-10-17-8-4-5-9-18(17)16-20)15-11-19-21(2)12-6-3-7-13-21;/h4-5,8-9,19H,3,6-7,10-16H2,1-2H3;1H/q+2;/p-1. The van der Waals surface area contributed by atoms with Crippen molar-refractivity contribution in [3.63, 3.8) is 0 Å². The van der Waals surface area contributed by atoms with E-state index in [-0.39, 0.29) is 24.0 Å². The third-order valence-electron chi connectivity index (χ3n) is 5.54. The fourth-order valence-corrected chi connectivity index (χ4v) is 3.99. The lowest BCUT2D eigenvalue weighted by atomic mass is 9.98. The van der Waals surface area contributed by atoms with E-state index >= 15 is 0 Å². The first-order valence-corrected chi connectivity index (χ1v) is 8.59. The first kappa shape index (κ1) is 18.2. The van der Waals surface area contributed by atoms with Crippen LogP contribution in [-0.2, 0) is 13.0 Å². The number of likely N-dealkylation sites (tertiary alicyclic amines) is 1. The van der Waals surface area contributed by atoms with Crippen LogP contribution >= 0.6 is 0 Å². The minimum atomic E-state index is 0. The molecule has 2 aliphatic heterocycles. The molecule has 1 unspecified atom stereocenters. The molecule has 22 heavy (non-hydrogen) atoms. The normalized spacial score (nSPS) is 26.8. The summed E-state index contributed by atoms with van der Waals surface area (Å²) < 4.78 is 2.26. The molecule has 3 nitrogen and oxygen atoms in total. The van der Waals surface area contributed by atoms with Gasteiger partial charge in [0.25, 0.3) is 0 Å². The second-order valence-corrected chi connectivity index (χ2v) is 7.56. The first-order chi connectivity index (χ1) is 10.1. The van der Waals surface area contributed by atoms with Crippen molar-refractivity contribution in [3.05, 3.63) is 35.4 Å². The summed E-state index contributed by atoms with van der Waals surface area (Å²) in [5.74, 6) is 0. The van der Waals surface area contributed by atoms with Crippen LogP contribution in [0.15, 0.2) is 24.3 Å². The largest absolute Gasteiger partial charge is 1.00 e. The summed E-state index contributed by atoms with van der Waals surface area (Å²) in [4.78, 5) is 0. The maximum absolute atomic E-state index is 3.82. The minimum Gasteiger partial charge on any atom is -1.00 e. The molecule has 2 aliphatic rings. The molecule has 0 radical (unpaired) electrons. The van der Waals surface area contributed by atoms with Crippen molar-refractivity contribution < 1.29 is 33.1 Å². The fourth-order valence-electron chi connectivity index (χ4n) is 3.99. The van der Waals surface area contributed by atoms with Crippen molar-refractivity contribution in [2.75, 3.05) is 46.8 Å². The van der Waals surface area contributed by atoms with E-state index in [0.717, 1.165) is 11.1 Å². The van der Waals surface area contributed by atoms with Gasteiger partial charge < -0.3 is 28.5 Å². The zero-order valence-corrected chi connectivity index (χ0v) is 16.3. The number of likely N-dealkylation sites (N-methyl/N-ethyl adjacent to an activating group) is 1. The lowest BCUT2D eigenvalue weighted by Crippen LogP contribution is -3.00. The smallest absolute Gasteiger partial charge is 0.104 e. The van der Waals surface area contributed by atoms with Gasteiger partial charge in [-0.3, -0.25) is 0 Å². The number of rotatable bonds is 4. The van der Waals surface area contributed by atoms with Gasteiger partial charge in [-0.05, 0) is 24.8 Å². The fraction of sp³-hybridized carbons (Fsp3) is 0.667. The number of quaternary nitrogens is 2. The average Bonchev–Trinajstić information content (AvgIpc) is 2.47. The van der Waals surface area contributed by atoms with E-state index in [1.165, 1.54) is 62.9 Å². The Kier molecular flexibility index (Phi) is 6.28. The van der Waals surface area contributed by atoms with Gasteiger partial charge in [0, 0.05) is 12.0 Å². The monoisotopic (exact) mass is 416 g/mol. The summed E-state index contributed by atoms with van der Waals surface area (Å²) in [7, 11) is 4.79. The molecular formula is C18H31IN3+. The summed E-state index contributed by atoms with van der Waals surface area (Å²) in [6, 6.07) is 8.98. The van der Waals surface area contributed by atoms with Crippen molar-refractivity contribution >= 4 is 0 Å². The number of nitrogens with one attached hydrogen (secondary N) is 1. The highest BCUT2D eigenvalue weighted by atomic mass is 127. The highest BCUT2D eigenvalue weighted by molar-refractivity contribution is 5.27. The van der Waals surface area contributed by atoms with Crippen LogP contribution in [0.1, 0.15) is 30.4 Å². The summed E-state index contributed by atoms with van der Waals surface area (Å²) in [6.07, 6.45) is 5.41. The third kappa shape index (κ3) is 4.43. The highest BCUT2D eigenvalue weighted by Crippen LogP contribution is 2.23. The van der Waals surface area contributed by atoms with Gasteiger partial charge in [0.15, 0.2) is 0 Å². The summed E-state index contributed by atoms with van der Waals surface area (Å²) in [5, 5.41) is 0. The van der Waals surface area contributed by atoms with Gasteiger partial charge in [-0.25, -0.2) is 4.59 Å². The zero-order valence-electron chi connectivity index (χ0n) is 14.2. The molecule has 1 saturated heterocycles. The number of halogens is 1. The molecule has 0 bridgehead atoms. The predicted octanol–water partition coefficient (Wildman–Crippen LogP) is -0.672. The van der Waals surface area contributed by atoms with Gasteiger partial charge in [-0.1, -0.05) is 24.3 Å². The van der Waals surface area contributed by atoms with Crippen molar-refractivity contribution in [1.82, 2.24) is 5.43 Å². The Morgan fingerprint density at radius 1 is 0.955 bits per heavy atom. The molecule has 1 atom stereocenters. The number of hydrogen-bond donors (Lipinski definition) is 1. The van der Waals surface area contributed by atoms with Gasteiger partial charge in [-0.15, -0.1) is 0 Å². The van der Waals surface area contributed by atoms with Crippen LogP contribution in [0, 0.1) is 0 Å². The van der Waals surface area contributed by atoms with Crippen molar-refractivity contribution in [3.8, 4) is 0 Å². The van der Waals surface area contributed by atoms with Crippen LogP contribution in [0.25, 0.3) is 0 Å². The second kappa shape index (κ2) is 7.60. The molecule has 0 amide bonds. The number of benzene rings is 1. The van der Waals surface area contributed by atoms with E-state index in [4.69, 9.17) is 0 Å². The Morgan fingerprint density at radius 2 is 1.64 bits per heavy atom. The van der Waals surface area contributed by atoms with Crippen LogP contribution in [0.5, 0.6) is 0 Å². The molecule has 1 N–H and O–H groups in total. The molecule has 124 valence electrons. The van der Waals surface area contributed by atoms with Crippen LogP contribution in [0.3, 0.4) is 0 Å². The van der Waals surface area contributed by atoms with Gasteiger partial charge in [0.1, 0.15) is 6.54 Å². The predicted molar refractivity (Wildman–Crippen MR) is 87.5 cm³/mol. The van der Waals surface area contributed by atoms with Crippen LogP contribution in [0.4, 0.5) is 0 Å². The molecular weight excluding hydrogens is 385 g/mol.